The molecule has 59 heavy (non-hydrogen) atoms. The van der Waals surface area contributed by atoms with Gasteiger partial charge in [-0.25, -0.2) is 22.6 Å². The number of alkyl carbamates (subject to hydrolysis) is 1. The van der Waals surface area contributed by atoms with Crippen molar-refractivity contribution in [2.24, 2.45) is 11.3 Å². The molecule has 0 aromatic carbocycles. The van der Waals surface area contributed by atoms with Crippen LogP contribution in [-0.4, -0.2) is 82.2 Å². The third-order valence-electron chi connectivity index (χ3n) is 11.1. The number of thiophene rings is 2. The summed E-state index contributed by atoms with van der Waals surface area (Å²) in [4.78, 5) is 75.7. The van der Waals surface area contributed by atoms with Crippen LogP contribution in [0.15, 0.2) is 80.7 Å². The number of nitrogens with zero attached hydrogens (tertiary/aromatic N) is 4. The minimum Gasteiger partial charge on any atom is -0.446 e. The fourth-order valence-electron chi connectivity index (χ4n) is 7.82. The highest BCUT2D eigenvalue weighted by atomic mass is 35.5. The molecule has 2 aliphatic carbocycles. The topological polar surface area (TPSA) is 199 Å². The Bertz CT molecular complexity index is 2430. The van der Waals surface area contributed by atoms with Crippen molar-refractivity contribution in [2.45, 2.75) is 94.0 Å². The molecule has 0 unspecified atom stereocenters. The van der Waals surface area contributed by atoms with Crippen molar-refractivity contribution in [1.82, 2.24) is 35.0 Å². The van der Waals surface area contributed by atoms with Gasteiger partial charge in [0.25, 0.3) is 21.5 Å². The Morgan fingerprint density at radius 1 is 1.07 bits per heavy atom. The lowest BCUT2D eigenvalue weighted by Crippen LogP contribution is -2.60. The lowest BCUT2D eigenvalue weighted by Gasteiger charge is -2.35. The zero-order valence-electron chi connectivity index (χ0n) is 32.6. The van der Waals surface area contributed by atoms with Crippen LogP contribution in [0.2, 0.25) is 5.02 Å². The maximum Gasteiger partial charge on any atom is 0.408 e. The minimum absolute atomic E-state index is 0.0166. The van der Waals surface area contributed by atoms with Gasteiger partial charge in [-0.05, 0) is 88.4 Å². The highest BCUT2D eigenvalue weighted by Crippen LogP contribution is 2.46. The molecular weight excluding hydrogens is 838 g/mol. The summed E-state index contributed by atoms with van der Waals surface area (Å²) in [5.74, 6) is -3.09. The van der Waals surface area contributed by atoms with E-state index in [9.17, 15) is 32.4 Å². The van der Waals surface area contributed by atoms with Gasteiger partial charge in [0.1, 0.15) is 28.6 Å². The van der Waals surface area contributed by atoms with Crippen LogP contribution in [0, 0.1) is 11.3 Å². The average Bonchev–Trinajstić information content (AvgIpc) is 3.87. The van der Waals surface area contributed by atoms with E-state index >= 15 is 0 Å². The Balaban J connectivity index is 1.23. The number of nitrogens with one attached hydrogen (secondary N) is 3. The van der Waals surface area contributed by atoms with Crippen LogP contribution in [0.25, 0.3) is 22.3 Å². The summed E-state index contributed by atoms with van der Waals surface area (Å²) in [6, 6.07) is 1.70. The zero-order valence-corrected chi connectivity index (χ0v) is 35.8. The van der Waals surface area contributed by atoms with Crippen LogP contribution in [0.4, 0.5) is 4.79 Å². The zero-order chi connectivity index (χ0) is 42.3. The second-order valence-corrected chi connectivity index (χ2v) is 19.7. The van der Waals surface area contributed by atoms with E-state index < -0.39 is 79.3 Å². The molecule has 2 saturated carbocycles. The van der Waals surface area contributed by atoms with E-state index in [0.29, 0.717) is 16.7 Å². The maximum atomic E-state index is 14.8. The van der Waals surface area contributed by atoms with Gasteiger partial charge in [-0.3, -0.25) is 24.2 Å². The molecule has 7 rings (SSSR count). The number of rotatable bonds is 12. The van der Waals surface area contributed by atoms with E-state index in [1.54, 1.807) is 27.0 Å². The van der Waals surface area contributed by atoms with Crippen molar-refractivity contribution < 1.29 is 32.3 Å². The molecule has 3 N–H and O–H groups in total. The molecular formula is C40H44ClN7O8S3. The van der Waals surface area contributed by atoms with Crippen molar-refractivity contribution in [2.75, 3.05) is 6.54 Å². The molecule has 0 spiro atoms. The van der Waals surface area contributed by atoms with E-state index in [1.807, 2.05) is 38.4 Å². The molecule has 3 fully saturated rings. The van der Waals surface area contributed by atoms with E-state index in [4.69, 9.17) is 16.3 Å². The second kappa shape index (κ2) is 16.6. The molecule has 1 saturated heterocycles. The molecule has 4 amide bonds. The quantitative estimate of drug-likeness (QED) is 0.152. The van der Waals surface area contributed by atoms with Gasteiger partial charge in [0, 0.05) is 36.8 Å². The van der Waals surface area contributed by atoms with Crippen LogP contribution in [0.1, 0.15) is 65.3 Å². The van der Waals surface area contributed by atoms with Crippen molar-refractivity contribution in [1.29, 1.82) is 0 Å². The minimum atomic E-state index is -4.53. The largest absolute Gasteiger partial charge is 0.446 e. The van der Waals surface area contributed by atoms with Crippen LogP contribution in [-0.2, 0) is 29.1 Å². The summed E-state index contributed by atoms with van der Waals surface area (Å²) in [7, 11) is -4.53. The third-order valence-corrected chi connectivity index (χ3v) is 14.3. The molecule has 4 aromatic heterocycles. The first-order chi connectivity index (χ1) is 28.0. The highest BCUT2D eigenvalue weighted by molar-refractivity contribution is 7.90. The number of likely N-dealkylation sites (tertiary alicyclic amines) is 1. The first-order valence-corrected chi connectivity index (χ1v) is 22.8. The number of sulfonamides is 1. The summed E-state index contributed by atoms with van der Waals surface area (Å²) in [6.45, 7) is 8.92. The van der Waals surface area contributed by atoms with Crippen LogP contribution in [0.3, 0.4) is 0 Å². The number of aromatic nitrogens is 3. The molecule has 0 bridgehead atoms. The number of carbonyl (C=O) groups is 4. The Kier molecular flexibility index (Phi) is 11.9. The number of pyridine rings is 1. The Hall–Kier alpha value is -4.91. The summed E-state index contributed by atoms with van der Waals surface area (Å²) < 4.78 is 35.6. The first kappa shape index (κ1) is 42.2. The van der Waals surface area contributed by atoms with Gasteiger partial charge < -0.3 is 20.3 Å². The second-order valence-electron chi connectivity index (χ2n) is 16.1. The summed E-state index contributed by atoms with van der Waals surface area (Å²) in [6.07, 6.45) is 7.50. The molecule has 1 aliphatic heterocycles. The maximum absolute atomic E-state index is 14.8. The van der Waals surface area contributed by atoms with Gasteiger partial charge in [0.05, 0.1) is 22.8 Å². The third kappa shape index (κ3) is 8.58. The molecule has 0 radical (unpaired) electrons. The molecule has 312 valence electrons. The standard InChI is InChI=1S/C40H44ClN7O8S3/c1-5-25-17-40(25,37(52)46-59(54,55)31-19-42-13-10-29(31)41)45-34(49)30-16-26(20-47(30)36(51)33(39(2,3)4)44-38(53)56-27-8-6-7-9-27)48-35(50)32(24-12-15-58-22-24)28(18-43-48)23-11-14-57-21-23/h5,10-15,18-19,21-22,25-27,30,33H,1,6-9,16-17,20H2,2-4H3,(H,44,53)(H,45,49)(H,46,52)/t25-,26-,30+,33-,40-/m1/s1. The van der Waals surface area contributed by atoms with Gasteiger partial charge in [-0.15, -0.1) is 6.58 Å². The lowest BCUT2D eigenvalue weighted by atomic mass is 9.85. The van der Waals surface area contributed by atoms with Crippen molar-refractivity contribution in [3.63, 3.8) is 0 Å². The summed E-state index contributed by atoms with van der Waals surface area (Å²) in [5, 5.41) is 17.5. The monoisotopic (exact) mass is 881 g/mol. The van der Waals surface area contributed by atoms with E-state index in [-0.39, 0.29) is 30.5 Å². The molecule has 5 atom stereocenters. The summed E-state index contributed by atoms with van der Waals surface area (Å²) in [5.41, 5.74) is -0.509. The SMILES string of the molecule is C=C[C@@H]1C[C@]1(NC(=O)[C@@H]1C[C@@H](n2ncc(-c3ccsc3)c(-c3ccsc3)c2=O)CN1C(=O)[C@@H](NC(=O)OC1CCCC1)C(C)(C)C)C(=O)NS(=O)(=O)c1cnccc1Cl. The lowest BCUT2D eigenvalue weighted by molar-refractivity contribution is -0.142. The van der Waals surface area contributed by atoms with Crippen LogP contribution >= 0.6 is 34.3 Å². The van der Waals surface area contributed by atoms with E-state index in [0.717, 1.165) is 37.4 Å². The molecule has 3 aliphatic rings. The van der Waals surface area contributed by atoms with Crippen molar-refractivity contribution in [3.05, 3.63) is 86.3 Å². The van der Waals surface area contributed by atoms with Crippen molar-refractivity contribution in [3.8, 4) is 22.3 Å². The molecule has 19 heteroatoms. The first-order valence-electron chi connectivity index (χ1n) is 19.1. The average molecular weight is 882 g/mol. The highest BCUT2D eigenvalue weighted by Gasteiger charge is 2.61. The predicted molar refractivity (Wildman–Crippen MR) is 223 cm³/mol. The van der Waals surface area contributed by atoms with Gasteiger partial charge in [-0.2, -0.15) is 27.8 Å². The number of amides is 4. The smallest absolute Gasteiger partial charge is 0.408 e. The van der Waals surface area contributed by atoms with Gasteiger partial charge >= 0.3 is 6.09 Å². The van der Waals surface area contributed by atoms with Crippen LogP contribution in [0.5, 0.6) is 0 Å². The Labute approximate surface area is 354 Å². The van der Waals surface area contributed by atoms with E-state index in [2.05, 4.69) is 27.3 Å². The fraction of sp³-hybridized carbons (Fsp3) is 0.425. The van der Waals surface area contributed by atoms with Gasteiger partial charge in [0.2, 0.25) is 11.8 Å². The fourth-order valence-corrected chi connectivity index (χ4v) is 10.6. The summed E-state index contributed by atoms with van der Waals surface area (Å²) >= 11 is 9.03. The number of hydrogen-bond acceptors (Lipinski definition) is 12. The number of carbonyl (C=O) groups excluding carboxylic acids is 4. The number of halogens is 1. The van der Waals surface area contributed by atoms with Crippen molar-refractivity contribution >= 4 is 68.1 Å². The molecule has 15 nitrogen and oxygen atoms in total. The van der Waals surface area contributed by atoms with Gasteiger partial charge in [-0.1, -0.05) is 38.4 Å². The molecule has 4 aromatic rings. The molecule has 5 heterocycles. The Morgan fingerprint density at radius 3 is 2.37 bits per heavy atom. The number of hydrogen-bond donors (Lipinski definition) is 3. The van der Waals surface area contributed by atoms with Crippen LogP contribution < -0.4 is 20.9 Å². The normalized spacial score (nSPS) is 22.4. The number of ether oxygens (including phenoxy) is 1. The van der Waals surface area contributed by atoms with Gasteiger partial charge in [0.15, 0.2) is 0 Å². The van der Waals surface area contributed by atoms with E-state index in [1.165, 1.54) is 50.6 Å². The Morgan fingerprint density at radius 2 is 1.76 bits per heavy atom. The predicted octanol–water partition coefficient (Wildman–Crippen LogP) is 5.54.